The van der Waals surface area contributed by atoms with Crippen molar-refractivity contribution in [2.45, 2.75) is 36.1 Å². The number of rotatable bonds is 5. The van der Waals surface area contributed by atoms with Gasteiger partial charge in [0, 0.05) is 11.1 Å². The summed E-state index contributed by atoms with van der Waals surface area (Å²) in [5.41, 5.74) is 0.361. The van der Waals surface area contributed by atoms with Gasteiger partial charge in [-0.1, -0.05) is 18.2 Å². The summed E-state index contributed by atoms with van der Waals surface area (Å²) in [5.74, 6) is -0.805. The molecule has 3 rings (SSSR count). The molecule has 0 saturated heterocycles. The van der Waals surface area contributed by atoms with Crippen molar-refractivity contribution < 1.29 is 21.5 Å². The molecule has 0 spiro atoms. The third kappa shape index (κ3) is 4.04. The number of hydrogen-bond acceptors (Lipinski definition) is 3. The first kappa shape index (κ1) is 17.5. The number of benzene rings is 2. The zero-order chi connectivity index (χ0) is 18.1. The standard InChI is InChI=1S/C18H17F2NO3S/c19-15-6-1-4-13(10-15)12-18(8-3-9-18)21-17(22)14-5-2-7-16(11-14)25(20,23)24/h1-2,4-7,10-11H,3,8-9,12H2,(H,21,22). The molecule has 0 heterocycles. The molecule has 0 aliphatic heterocycles. The Kier molecular flexibility index (Phi) is 4.60. The van der Waals surface area contributed by atoms with E-state index in [4.69, 9.17) is 0 Å². The Morgan fingerprint density at radius 1 is 1.12 bits per heavy atom. The highest BCUT2D eigenvalue weighted by atomic mass is 32.3. The van der Waals surface area contributed by atoms with Crippen LogP contribution in [0.1, 0.15) is 35.2 Å². The molecule has 0 radical (unpaired) electrons. The van der Waals surface area contributed by atoms with Gasteiger partial charge in [0.2, 0.25) is 0 Å². The average molecular weight is 365 g/mol. The Bertz CT molecular complexity index is 908. The van der Waals surface area contributed by atoms with Crippen LogP contribution in [0.3, 0.4) is 0 Å². The van der Waals surface area contributed by atoms with Crippen LogP contribution in [0.5, 0.6) is 0 Å². The highest BCUT2D eigenvalue weighted by Gasteiger charge is 2.38. The van der Waals surface area contributed by atoms with Gasteiger partial charge in [-0.2, -0.15) is 8.42 Å². The number of carbonyl (C=O) groups is 1. The highest BCUT2D eigenvalue weighted by molar-refractivity contribution is 7.86. The number of carbonyl (C=O) groups excluding carboxylic acids is 1. The lowest BCUT2D eigenvalue weighted by molar-refractivity contribution is 0.0826. The van der Waals surface area contributed by atoms with Crippen LogP contribution in [0.15, 0.2) is 53.4 Å². The maximum Gasteiger partial charge on any atom is 0.332 e. The molecule has 132 valence electrons. The van der Waals surface area contributed by atoms with Crippen molar-refractivity contribution in [2.24, 2.45) is 0 Å². The van der Waals surface area contributed by atoms with Gasteiger partial charge in [-0.3, -0.25) is 4.79 Å². The fourth-order valence-electron chi connectivity index (χ4n) is 3.09. The Labute approximate surface area is 145 Å². The van der Waals surface area contributed by atoms with E-state index >= 15 is 0 Å². The molecule has 1 aliphatic rings. The molecule has 7 heteroatoms. The van der Waals surface area contributed by atoms with E-state index in [1.807, 2.05) is 0 Å². The Morgan fingerprint density at radius 3 is 2.44 bits per heavy atom. The summed E-state index contributed by atoms with van der Waals surface area (Å²) in [6.07, 6.45) is 2.92. The quantitative estimate of drug-likeness (QED) is 0.826. The molecule has 2 aromatic carbocycles. The SMILES string of the molecule is O=C(NC1(Cc2cccc(F)c2)CCC1)c1cccc(S(=O)(=O)F)c1. The minimum Gasteiger partial charge on any atom is -0.346 e. The van der Waals surface area contributed by atoms with Crippen LogP contribution in [-0.2, 0) is 16.6 Å². The van der Waals surface area contributed by atoms with Crippen LogP contribution < -0.4 is 5.32 Å². The molecule has 1 N–H and O–H groups in total. The Hall–Kier alpha value is -2.28. The predicted molar refractivity (Wildman–Crippen MR) is 88.9 cm³/mol. The lowest BCUT2D eigenvalue weighted by Gasteiger charge is -2.43. The third-order valence-electron chi connectivity index (χ3n) is 4.50. The fraction of sp³-hybridized carbons (Fsp3) is 0.278. The number of nitrogens with one attached hydrogen (secondary N) is 1. The maximum atomic E-state index is 13.4. The summed E-state index contributed by atoms with van der Waals surface area (Å²) >= 11 is 0. The second kappa shape index (κ2) is 6.55. The largest absolute Gasteiger partial charge is 0.346 e. The van der Waals surface area contributed by atoms with E-state index in [1.54, 1.807) is 12.1 Å². The van der Waals surface area contributed by atoms with Crippen molar-refractivity contribution >= 4 is 16.1 Å². The normalized spacial score (nSPS) is 16.1. The van der Waals surface area contributed by atoms with Crippen LogP contribution >= 0.6 is 0 Å². The Morgan fingerprint density at radius 2 is 1.84 bits per heavy atom. The monoisotopic (exact) mass is 365 g/mol. The molecule has 0 atom stereocenters. The summed E-state index contributed by atoms with van der Waals surface area (Å²) in [6.45, 7) is 0. The van der Waals surface area contributed by atoms with Gasteiger partial charge in [0.1, 0.15) is 5.82 Å². The summed E-state index contributed by atoms with van der Waals surface area (Å²) < 4.78 is 48.5. The van der Waals surface area contributed by atoms with Crippen LogP contribution in [0, 0.1) is 5.82 Å². The molecule has 0 aromatic heterocycles. The fourth-order valence-corrected chi connectivity index (χ4v) is 3.60. The molecule has 0 bridgehead atoms. The minimum atomic E-state index is -4.87. The lowest BCUT2D eigenvalue weighted by Crippen LogP contribution is -2.55. The van der Waals surface area contributed by atoms with Crippen molar-refractivity contribution in [3.8, 4) is 0 Å². The van der Waals surface area contributed by atoms with Crippen LogP contribution in [0.25, 0.3) is 0 Å². The van der Waals surface area contributed by atoms with Crippen LogP contribution in [-0.4, -0.2) is 19.9 Å². The van der Waals surface area contributed by atoms with E-state index in [9.17, 15) is 21.5 Å². The van der Waals surface area contributed by atoms with Gasteiger partial charge in [0.25, 0.3) is 5.91 Å². The van der Waals surface area contributed by atoms with Crippen LogP contribution in [0.4, 0.5) is 8.28 Å². The van der Waals surface area contributed by atoms with Gasteiger partial charge in [0.05, 0.1) is 4.90 Å². The van der Waals surface area contributed by atoms with Gasteiger partial charge in [-0.15, -0.1) is 3.89 Å². The lowest BCUT2D eigenvalue weighted by atomic mass is 9.72. The topological polar surface area (TPSA) is 63.2 Å². The van der Waals surface area contributed by atoms with E-state index in [0.29, 0.717) is 6.42 Å². The van der Waals surface area contributed by atoms with Crippen LogP contribution in [0.2, 0.25) is 0 Å². The molecular weight excluding hydrogens is 348 g/mol. The number of amides is 1. The smallest absolute Gasteiger partial charge is 0.332 e. The van der Waals surface area contributed by atoms with Gasteiger partial charge in [0.15, 0.2) is 0 Å². The maximum absolute atomic E-state index is 13.4. The van der Waals surface area contributed by atoms with Crippen molar-refractivity contribution in [1.29, 1.82) is 0 Å². The van der Waals surface area contributed by atoms with Gasteiger partial charge < -0.3 is 5.32 Å². The Balaban J connectivity index is 1.79. The van der Waals surface area contributed by atoms with E-state index < -0.39 is 26.6 Å². The van der Waals surface area contributed by atoms with Crippen molar-refractivity contribution in [3.05, 3.63) is 65.5 Å². The van der Waals surface area contributed by atoms with E-state index in [1.165, 1.54) is 24.3 Å². The van der Waals surface area contributed by atoms with Gasteiger partial charge in [-0.05, 0) is 61.6 Å². The first-order valence-corrected chi connectivity index (χ1v) is 9.28. The highest BCUT2D eigenvalue weighted by Crippen LogP contribution is 2.35. The molecule has 4 nitrogen and oxygen atoms in total. The zero-order valence-electron chi connectivity index (χ0n) is 13.3. The average Bonchev–Trinajstić information content (AvgIpc) is 2.52. The van der Waals surface area contributed by atoms with Gasteiger partial charge >= 0.3 is 10.2 Å². The van der Waals surface area contributed by atoms with E-state index in [0.717, 1.165) is 37.0 Å². The first-order valence-electron chi connectivity index (χ1n) is 7.89. The first-order chi connectivity index (χ1) is 11.8. The van der Waals surface area contributed by atoms with E-state index in [2.05, 4.69) is 5.32 Å². The molecule has 1 saturated carbocycles. The molecule has 1 fully saturated rings. The van der Waals surface area contributed by atoms with Crippen molar-refractivity contribution in [1.82, 2.24) is 5.32 Å². The second-order valence-corrected chi connectivity index (χ2v) is 7.71. The second-order valence-electron chi connectivity index (χ2n) is 6.36. The van der Waals surface area contributed by atoms with Crippen molar-refractivity contribution in [3.63, 3.8) is 0 Å². The van der Waals surface area contributed by atoms with E-state index in [-0.39, 0.29) is 11.4 Å². The van der Waals surface area contributed by atoms with Crippen molar-refractivity contribution in [2.75, 3.05) is 0 Å². The number of hydrogen-bond donors (Lipinski definition) is 1. The van der Waals surface area contributed by atoms with Gasteiger partial charge in [-0.25, -0.2) is 4.39 Å². The summed E-state index contributed by atoms with van der Waals surface area (Å²) in [4.78, 5) is 11.9. The third-order valence-corrected chi connectivity index (χ3v) is 5.32. The zero-order valence-corrected chi connectivity index (χ0v) is 14.2. The molecular formula is C18H17F2NO3S. The minimum absolute atomic E-state index is 0.0734. The molecule has 2 aromatic rings. The molecule has 25 heavy (non-hydrogen) atoms. The molecule has 0 unspecified atom stereocenters. The predicted octanol–water partition coefficient (Wildman–Crippen LogP) is 3.38. The molecule has 1 amide bonds. The number of halogens is 2. The summed E-state index contributed by atoms with van der Waals surface area (Å²) in [6, 6.07) is 11.1. The summed E-state index contributed by atoms with van der Waals surface area (Å²) in [7, 11) is -4.87. The molecule has 1 aliphatic carbocycles. The summed E-state index contributed by atoms with van der Waals surface area (Å²) in [5, 5.41) is 2.91.